The number of nitrogens with zero attached hydrogens (tertiary/aromatic N) is 2. The molecule has 0 fully saturated rings. The first-order valence-electron chi connectivity index (χ1n) is 9.03. The Labute approximate surface area is 176 Å². The number of hydrogen-bond acceptors (Lipinski definition) is 5. The molecular formula is C20H21ClF2N2O3S. The lowest BCUT2D eigenvalue weighted by Crippen LogP contribution is -2.39. The minimum atomic E-state index is -0.577. The molecule has 0 spiro atoms. The third-order valence-corrected chi connectivity index (χ3v) is 5.28. The number of aromatic nitrogens is 1. The number of amides is 1. The Hall–Kier alpha value is -2.19. The standard InChI is InChI=1S/C20H21ClF2N2O3S/c1-20(2,3)28-19(26)25-8-6-12(7-9-25)18-13(22)4-5-17(24-18)27-11-15-14(23)10-16(21)29-15/h4-6,10H,7-9,11H2,1-3H3. The van der Waals surface area contributed by atoms with E-state index in [1.165, 1.54) is 18.2 Å². The molecular weight excluding hydrogens is 422 g/mol. The number of carbonyl (C=O) groups excluding carboxylic acids is 1. The average molecular weight is 443 g/mol. The SMILES string of the molecule is CC(C)(C)OC(=O)N1CC=C(c2nc(OCc3sc(Cl)cc3F)ccc2F)CC1. The molecule has 5 nitrogen and oxygen atoms in total. The fraction of sp³-hybridized carbons (Fsp3) is 0.400. The Bertz CT molecular complexity index is 940. The van der Waals surface area contributed by atoms with E-state index in [-0.39, 0.29) is 18.2 Å². The molecule has 0 saturated carbocycles. The molecule has 3 rings (SSSR count). The summed E-state index contributed by atoms with van der Waals surface area (Å²) in [6.07, 6.45) is 1.78. The summed E-state index contributed by atoms with van der Waals surface area (Å²) in [5, 5.41) is 0. The van der Waals surface area contributed by atoms with Gasteiger partial charge in [-0.05, 0) is 38.8 Å². The van der Waals surface area contributed by atoms with Crippen molar-refractivity contribution in [2.24, 2.45) is 0 Å². The Balaban J connectivity index is 1.68. The summed E-state index contributed by atoms with van der Waals surface area (Å²) >= 11 is 6.86. The van der Waals surface area contributed by atoms with Gasteiger partial charge in [0.2, 0.25) is 5.88 Å². The number of hydrogen-bond donors (Lipinski definition) is 0. The molecule has 0 aromatic carbocycles. The number of carbonyl (C=O) groups is 1. The minimum absolute atomic E-state index is 0.0488. The lowest BCUT2D eigenvalue weighted by molar-refractivity contribution is 0.0270. The maximum absolute atomic E-state index is 14.3. The Kier molecular flexibility index (Phi) is 6.43. The van der Waals surface area contributed by atoms with Gasteiger partial charge in [0.25, 0.3) is 0 Å². The lowest BCUT2D eigenvalue weighted by atomic mass is 10.0. The number of thiophene rings is 1. The van der Waals surface area contributed by atoms with E-state index in [9.17, 15) is 13.6 Å². The molecule has 0 saturated heterocycles. The molecule has 0 N–H and O–H groups in total. The van der Waals surface area contributed by atoms with E-state index in [2.05, 4.69) is 4.98 Å². The van der Waals surface area contributed by atoms with Gasteiger partial charge < -0.3 is 14.4 Å². The third-order valence-electron chi connectivity index (χ3n) is 4.06. The second-order valence-corrected chi connectivity index (χ2v) is 9.26. The van der Waals surface area contributed by atoms with E-state index in [4.69, 9.17) is 21.1 Å². The van der Waals surface area contributed by atoms with Gasteiger partial charge in [-0.3, -0.25) is 0 Å². The highest BCUT2D eigenvalue weighted by Crippen LogP contribution is 2.28. The maximum Gasteiger partial charge on any atom is 0.410 e. The van der Waals surface area contributed by atoms with Crippen LogP contribution in [-0.4, -0.2) is 34.7 Å². The van der Waals surface area contributed by atoms with Crippen LogP contribution in [0.25, 0.3) is 5.57 Å². The topological polar surface area (TPSA) is 51.7 Å². The molecule has 0 aliphatic carbocycles. The molecule has 0 bridgehead atoms. The third kappa shape index (κ3) is 5.67. The smallest absolute Gasteiger partial charge is 0.410 e. The quantitative estimate of drug-likeness (QED) is 0.611. The monoisotopic (exact) mass is 442 g/mol. The van der Waals surface area contributed by atoms with Gasteiger partial charge in [0.15, 0.2) is 0 Å². The summed E-state index contributed by atoms with van der Waals surface area (Å²) in [5.41, 5.74) is 0.265. The molecule has 156 valence electrons. The summed E-state index contributed by atoms with van der Waals surface area (Å²) in [4.78, 5) is 18.3. The summed E-state index contributed by atoms with van der Waals surface area (Å²) in [6.45, 7) is 6.05. The molecule has 2 aromatic heterocycles. The van der Waals surface area contributed by atoms with Crippen molar-refractivity contribution in [1.82, 2.24) is 9.88 Å². The highest BCUT2D eigenvalue weighted by Gasteiger charge is 2.25. The molecule has 1 amide bonds. The second-order valence-electron chi connectivity index (χ2n) is 7.50. The average Bonchev–Trinajstić information content (AvgIpc) is 2.97. The van der Waals surface area contributed by atoms with Crippen molar-refractivity contribution in [2.45, 2.75) is 39.4 Å². The van der Waals surface area contributed by atoms with Crippen molar-refractivity contribution >= 4 is 34.6 Å². The molecule has 29 heavy (non-hydrogen) atoms. The molecule has 0 unspecified atom stereocenters. The van der Waals surface area contributed by atoms with Gasteiger partial charge in [0.05, 0.1) is 9.21 Å². The number of halogens is 3. The van der Waals surface area contributed by atoms with Crippen molar-refractivity contribution < 1.29 is 23.0 Å². The molecule has 1 aliphatic heterocycles. The summed E-state index contributed by atoms with van der Waals surface area (Å²) in [5.74, 6) is -0.750. The largest absolute Gasteiger partial charge is 0.472 e. The zero-order valence-electron chi connectivity index (χ0n) is 16.3. The fourth-order valence-electron chi connectivity index (χ4n) is 2.72. The molecule has 0 radical (unpaired) electrons. The van der Waals surface area contributed by atoms with Gasteiger partial charge in [0, 0.05) is 25.2 Å². The van der Waals surface area contributed by atoms with Crippen molar-refractivity contribution in [2.75, 3.05) is 13.1 Å². The van der Waals surface area contributed by atoms with Gasteiger partial charge in [-0.2, -0.15) is 0 Å². The van der Waals surface area contributed by atoms with Crippen LogP contribution in [0.4, 0.5) is 13.6 Å². The summed E-state index contributed by atoms with van der Waals surface area (Å²) < 4.78 is 39.2. The predicted molar refractivity (Wildman–Crippen MR) is 108 cm³/mol. The van der Waals surface area contributed by atoms with E-state index in [1.807, 2.05) is 0 Å². The van der Waals surface area contributed by atoms with E-state index in [0.29, 0.717) is 34.3 Å². The van der Waals surface area contributed by atoms with Gasteiger partial charge in [-0.1, -0.05) is 17.7 Å². The van der Waals surface area contributed by atoms with Crippen molar-refractivity contribution in [3.05, 3.63) is 50.8 Å². The van der Waals surface area contributed by atoms with Crippen LogP contribution in [0, 0.1) is 11.6 Å². The van der Waals surface area contributed by atoms with Crippen molar-refractivity contribution in [1.29, 1.82) is 0 Å². The number of rotatable bonds is 4. The van der Waals surface area contributed by atoms with Crippen LogP contribution in [0.15, 0.2) is 24.3 Å². The van der Waals surface area contributed by atoms with E-state index >= 15 is 0 Å². The van der Waals surface area contributed by atoms with Crippen LogP contribution in [0.3, 0.4) is 0 Å². The number of ether oxygens (including phenoxy) is 2. The zero-order valence-corrected chi connectivity index (χ0v) is 17.9. The van der Waals surface area contributed by atoms with Crippen LogP contribution in [0.5, 0.6) is 5.88 Å². The van der Waals surface area contributed by atoms with Gasteiger partial charge in [-0.15, -0.1) is 11.3 Å². The van der Waals surface area contributed by atoms with Gasteiger partial charge in [0.1, 0.15) is 29.5 Å². The molecule has 2 aromatic rings. The Morgan fingerprint density at radius 1 is 1.31 bits per heavy atom. The van der Waals surface area contributed by atoms with Crippen molar-refractivity contribution in [3.63, 3.8) is 0 Å². The molecule has 9 heteroatoms. The predicted octanol–water partition coefficient (Wildman–Crippen LogP) is 5.68. The molecule has 1 aliphatic rings. The molecule has 3 heterocycles. The fourth-order valence-corrected chi connectivity index (χ4v) is 3.77. The van der Waals surface area contributed by atoms with Crippen LogP contribution in [-0.2, 0) is 11.3 Å². The first kappa shape index (κ1) is 21.5. The summed E-state index contributed by atoms with van der Waals surface area (Å²) in [7, 11) is 0. The first-order chi connectivity index (χ1) is 13.6. The second kappa shape index (κ2) is 8.67. The van der Waals surface area contributed by atoms with E-state index < -0.39 is 23.3 Å². The Morgan fingerprint density at radius 2 is 2.07 bits per heavy atom. The van der Waals surface area contributed by atoms with E-state index in [0.717, 1.165) is 11.3 Å². The normalized spacial score (nSPS) is 14.6. The van der Waals surface area contributed by atoms with Gasteiger partial charge >= 0.3 is 6.09 Å². The van der Waals surface area contributed by atoms with Crippen LogP contribution in [0.1, 0.15) is 37.8 Å². The summed E-state index contributed by atoms with van der Waals surface area (Å²) in [6, 6.07) is 3.87. The number of pyridine rings is 1. The minimum Gasteiger partial charge on any atom is -0.472 e. The van der Waals surface area contributed by atoms with Crippen LogP contribution >= 0.6 is 22.9 Å². The lowest BCUT2D eigenvalue weighted by Gasteiger charge is -2.29. The van der Waals surface area contributed by atoms with Crippen molar-refractivity contribution in [3.8, 4) is 5.88 Å². The van der Waals surface area contributed by atoms with Crippen LogP contribution < -0.4 is 4.74 Å². The van der Waals surface area contributed by atoms with E-state index in [1.54, 1.807) is 31.7 Å². The maximum atomic E-state index is 14.3. The van der Waals surface area contributed by atoms with Crippen LogP contribution in [0.2, 0.25) is 4.34 Å². The highest BCUT2D eigenvalue weighted by atomic mass is 35.5. The first-order valence-corrected chi connectivity index (χ1v) is 10.2. The highest BCUT2D eigenvalue weighted by molar-refractivity contribution is 7.16. The zero-order chi connectivity index (χ0) is 21.2. The Morgan fingerprint density at radius 3 is 2.66 bits per heavy atom. The van der Waals surface area contributed by atoms with Gasteiger partial charge in [-0.25, -0.2) is 18.6 Å². The molecule has 0 atom stereocenters.